The molecule has 0 radical (unpaired) electrons. The molecule has 0 aromatic rings. The van der Waals surface area contributed by atoms with E-state index in [-0.39, 0.29) is 18.8 Å². The van der Waals surface area contributed by atoms with Crippen molar-refractivity contribution in [3.63, 3.8) is 0 Å². The Bertz CT molecular complexity index is 208. The summed E-state index contributed by atoms with van der Waals surface area (Å²) in [5.41, 5.74) is 0.769. The van der Waals surface area contributed by atoms with E-state index in [2.05, 4.69) is 0 Å². The molecule has 1 aliphatic rings. The van der Waals surface area contributed by atoms with Crippen molar-refractivity contribution in [2.45, 2.75) is 38.2 Å². The Morgan fingerprint density at radius 1 is 1.38 bits per heavy atom. The average Bonchev–Trinajstić information content (AvgIpc) is 2.39. The molecule has 1 unspecified atom stereocenters. The van der Waals surface area contributed by atoms with E-state index in [0.717, 1.165) is 31.3 Å². The summed E-state index contributed by atoms with van der Waals surface area (Å²) in [7, 11) is 0. The minimum atomic E-state index is -0.555. The molecule has 1 atom stereocenters. The number of hydrogen-bond acceptors (Lipinski definition) is 3. The van der Waals surface area contributed by atoms with Crippen molar-refractivity contribution in [2.24, 2.45) is 0 Å². The molecule has 1 aliphatic carbocycles. The maximum absolute atomic E-state index is 11.2. The molecular weight excluding hydrogens is 168 g/mol. The van der Waals surface area contributed by atoms with Crippen LogP contribution in [-0.4, -0.2) is 28.7 Å². The molecule has 13 heavy (non-hydrogen) atoms. The molecule has 1 rings (SSSR count). The van der Waals surface area contributed by atoms with Gasteiger partial charge in [0, 0.05) is 13.0 Å². The number of ketones is 1. The van der Waals surface area contributed by atoms with Gasteiger partial charge in [0.2, 0.25) is 0 Å². The summed E-state index contributed by atoms with van der Waals surface area (Å²) in [6.45, 7) is 0.218. The van der Waals surface area contributed by atoms with E-state index in [9.17, 15) is 4.79 Å². The van der Waals surface area contributed by atoms with Gasteiger partial charge < -0.3 is 10.2 Å². The third-order valence-corrected chi connectivity index (χ3v) is 2.25. The van der Waals surface area contributed by atoms with Crippen LogP contribution < -0.4 is 0 Å². The molecule has 0 bridgehead atoms. The Morgan fingerprint density at radius 2 is 2.15 bits per heavy atom. The van der Waals surface area contributed by atoms with Gasteiger partial charge in [-0.15, -0.1) is 0 Å². The third-order valence-electron chi connectivity index (χ3n) is 2.25. The SMILES string of the molecule is O=C1CC(O)C=C1CCCCCO. The topological polar surface area (TPSA) is 57.5 Å². The lowest BCUT2D eigenvalue weighted by Crippen LogP contribution is -2.01. The first-order valence-electron chi connectivity index (χ1n) is 4.77. The fourth-order valence-corrected chi connectivity index (χ4v) is 1.53. The van der Waals surface area contributed by atoms with Crippen LogP contribution in [0.3, 0.4) is 0 Å². The summed E-state index contributed by atoms with van der Waals surface area (Å²) in [4.78, 5) is 11.2. The maximum atomic E-state index is 11.2. The number of carbonyl (C=O) groups excluding carboxylic acids is 1. The molecule has 0 aromatic heterocycles. The summed E-state index contributed by atoms with van der Waals surface area (Å²) in [5.74, 6) is 0.0801. The van der Waals surface area contributed by atoms with Crippen molar-refractivity contribution in [1.29, 1.82) is 0 Å². The lowest BCUT2D eigenvalue weighted by molar-refractivity contribution is -0.115. The second-order valence-corrected chi connectivity index (χ2v) is 3.42. The molecule has 0 aromatic carbocycles. The highest BCUT2D eigenvalue weighted by atomic mass is 16.3. The monoisotopic (exact) mass is 184 g/mol. The average molecular weight is 184 g/mol. The molecule has 3 heteroatoms. The predicted molar refractivity (Wildman–Crippen MR) is 49.3 cm³/mol. The van der Waals surface area contributed by atoms with Gasteiger partial charge in [-0.2, -0.15) is 0 Å². The highest BCUT2D eigenvalue weighted by molar-refractivity contribution is 5.98. The lowest BCUT2D eigenvalue weighted by Gasteiger charge is -1.99. The van der Waals surface area contributed by atoms with Crippen LogP contribution in [0.5, 0.6) is 0 Å². The van der Waals surface area contributed by atoms with Gasteiger partial charge in [-0.05, 0) is 30.9 Å². The number of carbonyl (C=O) groups is 1. The standard InChI is InChI=1S/C10H16O3/c11-5-3-1-2-4-8-6-9(12)7-10(8)13/h6,9,11-12H,1-5,7H2. The van der Waals surface area contributed by atoms with Crippen LogP contribution in [-0.2, 0) is 4.79 Å². The van der Waals surface area contributed by atoms with E-state index in [1.807, 2.05) is 0 Å². The van der Waals surface area contributed by atoms with E-state index in [0.29, 0.717) is 0 Å². The summed E-state index contributed by atoms with van der Waals surface area (Å²) in [6.07, 6.45) is 4.76. The minimum absolute atomic E-state index is 0.0801. The zero-order valence-electron chi connectivity index (χ0n) is 7.70. The number of rotatable bonds is 5. The Kier molecular flexibility index (Phi) is 4.12. The first-order chi connectivity index (χ1) is 6.24. The molecule has 0 amide bonds. The number of unbranched alkanes of at least 4 members (excludes halogenated alkanes) is 2. The number of aliphatic hydroxyl groups excluding tert-OH is 2. The van der Waals surface area contributed by atoms with Crippen molar-refractivity contribution in [1.82, 2.24) is 0 Å². The van der Waals surface area contributed by atoms with Crippen molar-refractivity contribution >= 4 is 5.78 Å². The molecule has 3 nitrogen and oxygen atoms in total. The van der Waals surface area contributed by atoms with Crippen LogP contribution in [0, 0.1) is 0 Å². The Labute approximate surface area is 78.1 Å². The zero-order chi connectivity index (χ0) is 9.68. The Morgan fingerprint density at radius 3 is 2.69 bits per heavy atom. The normalized spacial score (nSPS) is 22.2. The Balaban J connectivity index is 2.21. The zero-order valence-corrected chi connectivity index (χ0v) is 7.70. The summed E-state index contributed by atoms with van der Waals surface area (Å²) in [5, 5.41) is 17.7. The van der Waals surface area contributed by atoms with E-state index in [1.165, 1.54) is 0 Å². The summed E-state index contributed by atoms with van der Waals surface area (Å²) in [6, 6.07) is 0. The molecule has 0 spiro atoms. The van der Waals surface area contributed by atoms with Crippen molar-refractivity contribution < 1.29 is 15.0 Å². The summed E-state index contributed by atoms with van der Waals surface area (Å²) >= 11 is 0. The van der Waals surface area contributed by atoms with Gasteiger partial charge in [0.05, 0.1) is 6.10 Å². The first-order valence-corrected chi connectivity index (χ1v) is 4.77. The van der Waals surface area contributed by atoms with Gasteiger partial charge in [0.25, 0.3) is 0 Å². The van der Waals surface area contributed by atoms with E-state index < -0.39 is 6.10 Å². The van der Waals surface area contributed by atoms with Crippen LogP contribution >= 0.6 is 0 Å². The van der Waals surface area contributed by atoms with E-state index in [1.54, 1.807) is 6.08 Å². The van der Waals surface area contributed by atoms with Gasteiger partial charge in [-0.3, -0.25) is 4.79 Å². The highest BCUT2D eigenvalue weighted by Gasteiger charge is 2.20. The van der Waals surface area contributed by atoms with E-state index in [4.69, 9.17) is 10.2 Å². The summed E-state index contributed by atoms with van der Waals surface area (Å²) < 4.78 is 0. The largest absolute Gasteiger partial charge is 0.396 e. The molecule has 2 N–H and O–H groups in total. The van der Waals surface area contributed by atoms with Gasteiger partial charge >= 0.3 is 0 Å². The molecule has 74 valence electrons. The maximum Gasteiger partial charge on any atom is 0.161 e. The molecule has 0 fully saturated rings. The van der Waals surface area contributed by atoms with Crippen LogP contribution in [0.2, 0.25) is 0 Å². The predicted octanol–water partition coefficient (Wildman–Crippen LogP) is 0.799. The molecular formula is C10H16O3. The second kappa shape index (κ2) is 5.14. The molecule has 0 aliphatic heterocycles. The van der Waals surface area contributed by atoms with Crippen LogP contribution in [0.4, 0.5) is 0 Å². The van der Waals surface area contributed by atoms with Gasteiger partial charge in [-0.25, -0.2) is 0 Å². The second-order valence-electron chi connectivity index (χ2n) is 3.42. The van der Waals surface area contributed by atoms with Gasteiger partial charge in [0.15, 0.2) is 5.78 Å². The quantitative estimate of drug-likeness (QED) is 0.621. The van der Waals surface area contributed by atoms with Crippen LogP contribution in [0.15, 0.2) is 11.6 Å². The fraction of sp³-hybridized carbons (Fsp3) is 0.700. The van der Waals surface area contributed by atoms with Crippen molar-refractivity contribution in [3.05, 3.63) is 11.6 Å². The van der Waals surface area contributed by atoms with Crippen LogP contribution in [0.25, 0.3) is 0 Å². The van der Waals surface area contributed by atoms with Crippen molar-refractivity contribution in [3.8, 4) is 0 Å². The number of Topliss-reactive ketones (excluding diaryl/α,β-unsaturated/α-hetero) is 1. The fourth-order valence-electron chi connectivity index (χ4n) is 1.53. The molecule has 0 saturated heterocycles. The molecule has 0 saturated carbocycles. The van der Waals surface area contributed by atoms with E-state index >= 15 is 0 Å². The smallest absolute Gasteiger partial charge is 0.161 e. The number of allylic oxidation sites excluding steroid dienone is 1. The van der Waals surface area contributed by atoms with Crippen molar-refractivity contribution in [2.75, 3.05) is 6.61 Å². The Hall–Kier alpha value is -0.670. The lowest BCUT2D eigenvalue weighted by atomic mass is 10.1. The molecule has 0 heterocycles. The van der Waals surface area contributed by atoms with Gasteiger partial charge in [0.1, 0.15) is 0 Å². The van der Waals surface area contributed by atoms with Crippen LogP contribution in [0.1, 0.15) is 32.1 Å². The number of hydrogen-bond donors (Lipinski definition) is 2. The first kappa shape index (κ1) is 10.4. The number of aliphatic hydroxyl groups is 2. The van der Waals surface area contributed by atoms with Gasteiger partial charge in [-0.1, -0.05) is 6.42 Å². The third kappa shape index (κ3) is 3.28. The minimum Gasteiger partial charge on any atom is -0.396 e. The highest BCUT2D eigenvalue weighted by Crippen LogP contribution is 2.20.